The SMILES string of the molecule is CN(Cc1cccc([N+](=O)[O-])c1)C(=O)C(C)(C)N. The first kappa shape index (κ1) is 14.1. The molecule has 0 heterocycles. The van der Waals surface area contributed by atoms with Crippen LogP contribution in [0.3, 0.4) is 0 Å². The summed E-state index contributed by atoms with van der Waals surface area (Å²) < 4.78 is 0. The van der Waals surface area contributed by atoms with Crippen LogP contribution >= 0.6 is 0 Å². The van der Waals surface area contributed by atoms with Gasteiger partial charge in [0.05, 0.1) is 10.5 Å². The number of nitrogens with two attached hydrogens (primary N) is 1. The minimum atomic E-state index is -0.949. The molecular formula is C12H17N3O3. The molecule has 0 saturated carbocycles. The number of hydrogen-bond acceptors (Lipinski definition) is 4. The van der Waals surface area contributed by atoms with Crippen molar-refractivity contribution in [3.8, 4) is 0 Å². The van der Waals surface area contributed by atoms with Crippen molar-refractivity contribution < 1.29 is 9.72 Å². The number of carbonyl (C=O) groups excluding carboxylic acids is 1. The van der Waals surface area contributed by atoms with E-state index >= 15 is 0 Å². The second kappa shape index (κ2) is 5.14. The second-order valence-corrected chi connectivity index (χ2v) is 4.81. The van der Waals surface area contributed by atoms with Gasteiger partial charge in [-0.3, -0.25) is 14.9 Å². The predicted octanol–water partition coefficient (Wildman–Crippen LogP) is 1.29. The number of likely N-dealkylation sites (N-methyl/N-ethyl adjacent to an activating group) is 1. The van der Waals surface area contributed by atoms with Gasteiger partial charge in [-0.15, -0.1) is 0 Å². The Morgan fingerprint density at radius 3 is 2.61 bits per heavy atom. The van der Waals surface area contributed by atoms with E-state index < -0.39 is 10.5 Å². The molecule has 18 heavy (non-hydrogen) atoms. The van der Waals surface area contributed by atoms with E-state index in [1.165, 1.54) is 17.0 Å². The second-order valence-electron chi connectivity index (χ2n) is 4.81. The number of non-ortho nitro benzene ring substituents is 1. The van der Waals surface area contributed by atoms with Crippen LogP contribution in [-0.2, 0) is 11.3 Å². The van der Waals surface area contributed by atoms with Crippen LogP contribution < -0.4 is 5.73 Å². The van der Waals surface area contributed by atoms with E-state index in [0.717, 1.165) is 0 Å². The van der Waals surface area contributed by atoms with Gasteiger partial charge in [-0.2, -0.15) is 0 Å². The van der Waals surface area contributed by atoms with Crippen molar-refractivity contribution in [1.82, 2.24) is 4.90 Å². The molecule has 98 valence electrons. The fourth-order valence-corrected chi connectivity index (χ4v) is 1.61. The molecule has 0 spiro atoms. The fourth-order valence-electron chi connectivity index (χ4n) is 1.61. The molecule has 0 radical (unpaired) electrons. The maximum Gasteiger partial charge on any atom is 0.269 e. The van der Waals surface area contributed by atoms with E-state index in [4.69, 9.17) is 5.73 Å². The standard InChI is InChI=1S/C12H17N3O3/c1-12(2,13)11(16)14(3)8-9-5-4-6-10(7-9)15(17)18/h4-7H,8,13H2,1-3H3. The van der Waals surface area contributed by atoms with Gasteiger partial charge in [0.1, 0.15) is 0 Å². The molecule has 0 aliphatic carbocycles. The minimum Gasteiger partial charge on any atom is -0.340 e. The Kier molecular flexibility index (Phi) is 4.03. The number of carbonyl (C=O) groups is 1. The monoisotopic (exact) mass is 251 g/mol. The van der Waals surface area contributed by atoms with Gasteiger partial charge in [0.2, 0.25) is 5.91 Å². The predicted molar refractivity (Wildman–Crippen MR) is 67.8 cm³/mol. The number of nitrogens with zero attached hydrogens (tertiary/aromatic N) is 2. The number of amides is 1. The molecule has 0 fully saturated rings. The molecule has 6 nitrogen and oxygen atoms in total. The van der Waals surface area contributed by atoms with Crippen molar-refractivity contribution >= 4 is 11.6 Å². The highest BCUT2D eigenvalue weighted by Gasteiger charge is 2.25. The van der Waals surface area contributed by atoms with Gasteiger partial charge in [-0.1, -0.05) is 12.1 Å². The van der Waals surface area contributed by atoms with Gasteiger partial charge in [0, 0.05) is 25.7 Å². The number of rotatable bonds is 4. The molecule has 0 atom stereocenters. The van der Waals surface area contributed by atoms with Crippen LogP contribution in [0.4, 0.5) is 5.69 Å². The Morgan fingerprint density at radius 2 is 2.11 bits per heavy atom. The summed E-state index contributed by atoms with van der Waals surface area (Å²) in [6.07, 6.45) is 0. The first-order valence-electron chi connectivity index (χ1n) is 5.49. The summed E-state index contributed by atoms with van der Waals surface area (Å²) in [5.74, 6) is -0.214. The largest absolute Gasteiger partial charge is 0.340 e. The van der Waals surface area contributed by atoms with Gasteiger partial charge >= 0.3 is 0 Å². The van der Waals surface area contributed by atoms with E-state index in [-0.39, 0.29) is 11.6 Å². The van der Waals surface area contributed by atoms with E-state index in [1.807, 2.05) is 0 Å². The van der Waals surface area contributed by atoms with Crippen LogP contribution in [-0.4, -0.2) is 28.3 Å². The first-order chi connectivity index (χ1) is 8.21. The zero-order valence-corrected chi connectivity index (χ0v) is 10.7. The molecule has 0 unspecified atom stereocenters. The van der Waals surface area contributed by atoms with Crippen molar-refractivity contribution in [2.45, 2.75) is 25.9 Å². The highest BCUT2D eigenvalue weighted by Crippen LogP contribution is 2.15. The van der Waals surface area contributed by atoms with E-state index in [9.17, 15) is 14.9 Å². The number of benzene rings is 1. The smallest absolute Gasteiger partial charge is 0.269 e. The van der Waals surface area contributed by atoms with Crippen molar-refractivity contribution in [3.05, 3.63) is 39.9 Å². The first-order valence-corrected chi connectivity index (χ1v) is 5.49. The molecule has 2 N–H and O–H groups in total. The normalized spacial score (nSPS) is 11.1. The van der Waals surface area contributed by atoms with Gasteiger partial charge in [-0.05, 0) is 19.4 Å². The third kappa shape index (κ3) is 3.53. The highest BCUT2D eigenvalue weighted by atomic mass is 16.6. The number of nitro groups is 1. The van der Waals surface area contributed by atoms with E-state index in [0.29, 0.717) is 12.1 Å². The Hall–Kier alpha value is -1.95. The van der Waals surface area contributed by atoms with Crippen LogP contribution in [0.1, 0.15) is 19.4 Å². The molecule has 0 bridgehead atoms. The van der Waals surface area contributed by atoms with Gasteiger partial charge in [0.25, 0.3) is 5.69 Å². The average Bonchev–Trinajstić information content (AvgIpc) is 2.27. The van der Waals surface area contributed by atoms with E-state index in [1.54, 1.807) is 33.0 Å². The summed E-state index contributed by atoms with van der Waals surface area (Å²) in [6, 6.07) is 6.20. The number of hydrogen-bond donors (Lipinski definition) is 1. The maximum atomic E-state index is 11.9. The van der Waals surface area contributed by atoms with Crippen LogP contribution in [0.2, 0.25) is 0 Å². The van der Waals surface area contributed by atoms with Crippen LogP contribution in [0.5, 0.6) is 0 Å². The molecule has 6 heteroatoms. The molecule has 1 amide bonds. The molecular weight excluding hydrogens is 234 g/mol. The Morgan fingerprint density at radius 1 is 1.50 bits per heavy atom. The van der Waals surface area contributed by atoms with Crippen molar-refractivity contribution in [2.75, 3.05) is 7.05 Å². The summed E-state index contributed by atoms with van der Waals surface area (Å²) in [6.45, 7) is 3.54. The zero-order valence-electron chi connectivity index (χ0n) is 10.7. The summed E-state index contributed by atoms with van der Waals surface area (Å²) in [5.41, 5.74) is 5.48. The van der Waals surface area contributed by atoms with Crippen molar-refractivity contribution in [1.29, 1.82) is 0 Å². The fraction of sp³-hybridized carbons (Fsp3) is 0.417. The molecule has 0 aromatic heterocycles. The quantitative estimate of drug-likeness (QED) is 0.645. The van der Waals surface area contributed by atoms with Gasteiger partial charge in [0.15, 0.2) is 0 Å². The molecule has 1 aromatic rings. The van der Waals surface area contributed by atoms with Crippen LogP contribution in [0.25, 0.3) is 0 Å². The molecule has 0 saturated heterocycles. The van der Waals surface area contributed by atoms with Crippen molar-refractivity contribution in [3.63, 3.8) is 0 Å². The molecule has 1 aromatic carbocycles. The Bertz CT molecular complexity index is 466. The lowest BCUT2D eigenvalue weighted by atomic mass is 10.1. The minimum absolute atomic E-state index is 0.0142. The average molecular weight is 251 g/mol. The summed E-state index contributed by atoms with van der Waals surface area (Å²) in [5, 5.41) is 10.6. The lowest BCUT2D eigenvalue weighted by Gasteiger charge is -2.25. The molecule has 0 aliphatic heterocycles. The van der Waals surface area contributed by atoms with Gasteiger partial charge in [-0.25, -0.2) is 0 Å². The summed E-state index contributed by atoms with van der Waals surface area (Å²) >= 11 is 0. The Labute approximate surface area is 106 Å². The number of nitro benzene ring substituents is 1. The van der Waals surface area contributed by atoms with E-state index in [2.05, 4.69) is 0 Å². The highest BCUT2D eigenvalue weighted by molar-refractivity contribution is 5.84. The van der Waals surface area contributed by atoms with Crippen LogP contribution in [0, 0.1) is 10.1 Å². The summed E-state index contributed by atoms with van der Waals surface area (Å²) in [7, 11) is 1.62. The molecule has 1 rings (SSSR count). The van der Waals surface area contributed by atoms with Crippen molar-refractivity contribution in [2.24, 2.45) is 5.73 Å². The van der Waals surface area contributed by atoms with Gasteiger partial charge < -0.3 is 10.6 Å². The zero-order chi connectivity index (χ0) is 13.9. The lowest BCUT2D eigenvalue weighted by molar-refractivity contribution is -0.384. The Balaban J connectivity index is 2.82. The summed E-state index contributed by atoms with van der Waals surface area (Å²) in [4.78, 5) is 23.5. The topological polar surface area (TPSA) is 89.5 Å². The molecule has 0 aliphatic rings. The van der Waals surface area contributed by atoms with Crippen LogP contribution in [0.15, 0.2) is 24.3 Å². The lowest BCUT2D eigenvalue weighted by Crippen LogP contribution is -2.49. The third-order valence-electron chi connectivity index (χ3n) is 2.44. The maximum absolute atomic E-state index is 11.9. The third-order valence-corrected chi connectivity index (χ3v) is 2.44.